The Morgan fingerprint density at radius 3 is 2.35 bits per heavy atom. The molecule has 1 aliphatic rings. The molecule has 0 spiro atoms. The average Bonchev–Trinajstić information content (AvgIpc) is 3.15. The van der Waals surface area contributed by atoms with Crippen molar-refractivity contribution in [2.75, 3.05) is 5.32 Å². The van der Waals surface area contributed by atoms with Crippen LogP contribution in [0.15, 0.2) is 48.8 Å². The maximum absolute atomic E-state index is 6.56. The lowest BCUT2D eigenvalue weighted by Gasteiger charge is -2.23. The third-order valence-corrected chi connectivity index (χ3v) is 6.45. The number of benzene rings is 2. The average molecular weight is 473 g/mol. The van der Waals surface area contributed by atoms with Crippen LogP contribution in [0.2, 0.25) is 15.1 Å². The van der Waals surface area contributed by atoms with Crippen molar-refractivity contribution in [3.05, 3.63) is 63.9 Å². The van der Waals surface area contributed by atoms with Crippen molar-refractivity contribution < 1.29 is 0 Å². The maximum atomic E-state index is 6.56. The lowest BCUT2D eigenvalue weighted by Crippen LogP contribution is -2.23. The van der Waals surface area contributed by atoms with Gasteiger partial charge in [-0.05, 0) is 55.3 Å². The summed E-state index contributed by atoms with van der Waals surface area (Å²) in [6, 6.07) is 13.4. The van der Waals surface area contributed by atoms with E-state index in [1.54, 1.807) is 18.5 Å². The van der Waals surface area contributed by atoms with Gasteiger partial charge in [0.25, 0.3) is 0 Å². The van der Waals surface area contributed by atoms with Crippen molar-refractivity contribution in [2.45, 2.75) is 38.1 Å². The van der Waals surface area contributed by atoms with Gasteiger partial charge in [0.05, 0.1) is 5.02 Å². The van der Waals surface area contributed by atoms with Crippen LogP contribution in [-0.2, 0) is 0 Å². The van der Waals surface area contributed by atoms with Gasteiger partial charge in [0.15, 0.2) is 17.0 Å². The highest BCUT2D eigenvalue weighted by molar-refractivity contribution is 6.36. The van der Waals surface area contributed by atoms with Gasteiger partial charge in [0.1, 0.15) is 12.2 Å². The second-order valence-electron chi connectivity index (χ2n) is 7.75. The number of fused-ring (bicyclic) bond motifs is 1. The second kappa shape index (κ2) is 8.65. The van der Waals surface area contributed by atoms with Crippen molar-refractivity contribution in [2.24, 2.45) is 0 Å². The molecule has 1 N–H and O–H groups in total. The van der Waals surface area contributed by atoms with Gasteiger partial charge in [-0.1, -0.05) is 54.1 Å². The fourth-order valence-corrected chi connectivity index (χ4v) is 4.74. The van der Waals surface area contributed by atoms with Gasteiger partial charge in [-0.15, -0.1) is 0 Å². The molecule has 0 bridgehead atoms. The maximum Gasteiger partial charge on any atom is 0.170 e. The normalized spacial score (nSPS) is 14.8. The van der Waals surface area contributed by atoms with Crippen molar-refractivity contribution in [1.82, 2.24) is 19.5 Å². The summed E-state index contributed by atoms with van der Waals surface area (Å²) in [4.78, 5) is 14.0. The number of halogens is 3. The van der Waals surface area contributed by atoms with E-state index >= 15 is 0 Å². The van der Waals surface area contributed by atoms with Crippen LogP contribution in [0.1, 0.15) is 32.1 Å². The van der Waals surface area contributed by atoms with Crippen molar-refractivity contribution in [1.29, 1.82) is 0 Å². The molecule has 0 amide bonds. The van der Waals surface area contributed by atoms with Crippen molar-refractivity contribution in [3.8, 4) is 17.1 Å². The van der Waals surface area contributed by atoms with E-state index in [9.17, 15) is 0 Å². The first-order chi connectivity index (χ1) is 15.1. The Hall–Kier alpha value is -2.34. The van der Waals surface area contributed by atoms with Crippen LogP contribution in [0.25, 0.3) is 28.2 Å². The molecule has 0 unspecified atom stereocenters. The van der Waals surface area contributed by atoms with E-state index in [1.165, 1.54) is 19.3 Å². The lowest BCUT2D eigenvalue weighted by atomic mass is 9.95. The standard InChI is InChI=1S/C23H20Cl3N5/c24-14-6-9-17(10-7-14)31-22(18-11-8-15(25)12-19(18)26)30-20-21(27-13-28-23(20)31)29-16-4-2-1-3-5-16/h6-13,16H,1-5H2,(H,27,28,29). The Kier molecular flexibility index (Phi) is 5.74. The molecule has 0 atom stereocenters. The van der Waals surface area contributed by atoms with Crippen LogP contribution in [0.5, 0.6) is 0 Å². The Labute approximate surface area is 195 Å². The number of nitrogens with one attached hydrogen (secondary N) is 1. The summed E-state index contributed by atoms with van der Waals surface area (Å²) in [5.74, 6) is 1.42. The molecule has 31 heavy (non-hydrogen) atoms. The van der Waals surface area contributed by atoms with Crippen molar-refractivity contribution in [3.63, 3.8) is 0 Å². The van der Waals surface area contributed by atoms with Gasteiger partial charge in [0.2, 0.25) is 0 Å². The third-order valence-electron chi connectivity index (χ3n) is 5.65. The number of imidazole rings is 1. The zero-order chi connectivity index (χ0) is 21.4. The van der Waals surface area contributed by atoms with Crippen LogP contribution in [0, 0.1) is 0 Å². The summed E-state index contributed by atoms with van der Waals surface area (Å²) >= 11 is 18.8. The van der Waals surface area contributed by atoms with Crippen LogP contribution in [-0.4, -0.2) is 25.6 Å². The summed E-state index contributed by atoms with van der Waals surface area (Å²) in [5, 5.41) is 5.35. The fourth-order valence-electron chi connectivity index (χ4n) is 4.12. The van der Waals surface area contributed by atoms with Gasteiger partial charge in [-0.25, -0.2) is 15.0 Å². The van der Waals surface area contributed by atoms with Gasteiger partial charge in [0, 0.05) is 27.3 Å². The van der Waals surface area contributed by atoms with E-state index < -0.39 is 0 Å². The van der Waals surface area contributed by atoms with E-state index in [4.69, 9.17) is 39.8 Å². The predicted octanol–water partition coefficient (Wildman–Crippen LogP) is 7.19. The molecular formula is C23H20Cl3N5. The number of hydrogen-bond donors (Lipinski definition) is 1. The Bertz CT molecular complexity index is 1230. The smallest absolute Gasteiger partial charge is 0.170 e. The Morgan fingerprint density at radius 1 is 0.871 bits per heavy atom. The quantitative estimate of drug-likeness (QED) is 0.341. The molecule has 5 nitrogen and oxygen atoms in total. The SMILES string of the molecule is Clc1ccc(-n2c(-c3ccc(Cl)cc3Cl)nc3c(NC4CCCCC4)ncnc32)cc1. The van der Waals surface area contributed by atoms with Crippen LogP contribution < -0.4 is 5.32 Å². The summed E-state index contributed by atoms with van der Waals surface area (Å²) < 4.78 is 1.98. The Balaban J connectivity index is 1.71. The highest BCUT2D eigenvalue weighted by Crippen LogP contribution is 2.35. The van der Waals surface area contributed by atoms with E-state index in [-0.39, 0.29) is 0 Å². The summed E-state index contributed by atoms with van der Waals surface area (Å²) in [6.07, 6.45) is 7.61. The molecule has 1 saturated carbocycles. The van der Waals surface area contributed by atoms with Crippen LogP contribution in [0.3, 0.4) is 0 Å². The van der Waals surface area contributed by atoms with Gasteiger partial charge < -0.3 is 5.32 Å². The van der Waals surface area contributed by atoms with Gasteiger partial charge >= 0.3 is 0 Å². The predicted molar refractivity (Wildman–Crippen MR) is 128 cm³/mol. The van der Waals surface area contributed by atoms with E-state index in [0.29, 0.717) is 38.1 Å². The zero-order valence-electron chi connectivity index (χ0n) is 16.7. The highest BCUT2D eigenvalue weighted by atomic mass is 35.5. The minimum Gasteiger partial charge on any atom is -0.365 e. The summed E-state index contributed by atoms with van der Waals surface area (Å²) in [7, 11) is 0. The highest BCUT2D eigenvalue weighted by Gasteiger charge is 2.22. The van der Waals surface area contributed by atoms with Gasteiger partial charge in [-0.2, -0.15) is 0 Å². The Morgan fingerprint density at radius 2 is 1.61 bits per heavy atom. The molecule has 0 aliphatic heterocycles. The molecular weight excluding hydrogens is 453 g/mol. The molecule has 5 rings (SSSR count). The minimum atomic E-state index is 0.398. The number of aromatic nitrogens is 4. The number of nitrogens with zero attached hydrogens (tertiary/aromatic N) is 4. The number of rotatable bonds is 4. The fraction of sp³-hybridized carbons (Fsp3) is 0.261. The van der Waals surface area contributed by atoms with Crippen molar-refractivity contribution >= 4 is 51.8 Å². The summed E-state index contributed by atoms with van der Waals surface area (Å²) in [6.45, 7) is 0. The zero-order valence-corrected chi connectivity index (χ0v) is 18.9. The number of hydrogen-bond acceptors (Lipinski definition) is 4. The first-order valence-corrected chi connectivity index (χ1v) is 11.4. The lowest BCUT2D eigenvalue weighted by molar-refractivity contribution is 0.462. The topological polar surface area (TPSA) is 55.6 Å². The monoisotopic (exact) mass is 471 g/mol. The van der Waals surface area contributed by atoms with Crippen LogP contribution in [0.4, 0.5) is 5.82 Å². The molecule has 4 aromatic rings. The largest absolute Gasteiger partial charge is 0.365 e. The molecule has 1 fully saturated rings. The second-order valence-corrected chi connectivity index (χ2v) is 9.03. The first kappa shape index (κ1) is 20.6. The molecule has 1 aliphatic carbocycles. The first-order valence-electron chi connectivity index (χ1n) is 10.3. The summed E-state index contributed by atoms with van der Waals surface area (Å²) in [5.41, 5.74) is 3.07. The molecule has 2 heterocycles. The van der Waals surface area contributed by atoms with Crippen LogP contribution >= 0.6 is 34.8 Å². The molecule has 0 radical (unpaired) electrons. The molecule has 0 saturated heterocycles. The number of anilines is 1. The minimum absolute atomic E-state index is 0.398. The van der Waals surface area contributed by atoms with E-state index in [2.05, 4.69) is 15.3 Å². The van der Waals surface area contributed by atoms with E-state index in [0.717, 1.165) is 29.9 Å². The van der Waals surface area contributed by atoms with Gasteiger partial charge in [-0.3, -0.25) is 4.57 Å². The third kappa shape index (κ3) is 4.10. The molecule has 2 aromatic carbocycles. The molecule has 2 aromatic heterocycles. The van der Waals surface area contributed by atoms with E-state index in [1.807, 2.05) is 34.9 Å². The molecule has 158 valence electrons. The molecule has 8 heteroatoms.